The highest BCUT2D eigenvalue weighted by molar-refractivity contribution is 5.81. The molecule has 0 heterocycles. The van der Waals surface area contributed by atoms with Crippen LogP contribution in [0.4, 0.5) is 0 Å². The molecule has 0 aromatic carbocycles. The van der Waals surface area contributed by atoms with Gasteiger partial charge in [0.1, 0.15) is 6.54 Å². The first-order valence-corrected chi connectivity index (χ1v) is 5.24. The number of aliphatic carboxylic acids is 1. The van der Waals surface area contributed by atoms with Crippen molar-refractivity contribution in [2.45, 2.75) is 25.7 Å². The van der Waals surface area contributed by atoms with Crippen LogP contribution in [0.5, 0.6) is 0 Å². The molecule has 0 unspecified atom stereocenters. The largest absolute Gasteiger partial charge is 0.480 e. The zero-order valence-electron chi connectivity index (χ0n) is 8.82. The number of hydrogen-bond acceptors (Lipinski definition) is 2. The van der Waals surface area contributed by atoms with Crippen LogP contribution in [0.25, 0.3) is 0 Å². The highest BCUT2D eigenvalue weighted by Gasteiger charge is 2.27. The monoisotopic (exact) mass is 211 g/mol. The topological polar surface area (TPSA) is 57.6 Å². The number of allylic oxidation sites excluding steroid dienone is 1. The quantitative estimate of drug-likeness (QED) is 0.645. The molecule has 1 fully saturated rings. The highest BCUT2D eigenvalue weighted by atomic mass is 16.4. The van der Waals surface area contributed by atoms with Crippen LogP contribution in [0, 0.1) is 5.92 Å². The molecule has 0 aliphatic heterocycles. The molecule has 1 saturated carbocycles. The second-order valence-corrected chi connectivity index (χ2v) is 3.94. The van der Waals surface area contributed by atoms with E-state index in [0.29, 0.717) is 25.3 Å². The lowest BCUT2D eigenvalue weighted by Crippen LogP contribution is -2.37. The molecule has 0 saturated heterocycles. The Kier molecular flexibility index (Phi) is 4.34. The van der Waals surface area contributed by atoms with Gasteiger partial charge in [-0.3, -0.25) is 9.59 Å². The fraction of sp³-hybridized carbons (Fsp3) is 0.636. The smallest absolute Gasteiger partial charge is 0.323 e. The summed E-state index contributed by atoms with van der Waals surface area (Å²) in [6.45, 7) is 3.96. The van der Waals surface area contributed by atoms with Crippen LogP contribution in [0.2, 0.25) is 0 Å². The lowest BCUT2D eigenvalue weighted by atomic mass is 10.2. The number of amides is 1. The SMILES string of the molecule is C=CCCC(=O)N(CC(=O)O)CC1CC1. The number of nitrogens with zero attached hydrogens (tertiary/aromatic N) is 1. The summed E-state index contributed by atoms with van der Waals surface area (Å²) in [7, 11) is 0. The summed E-state index contributed by atoms with van der Waals surface area (Å²) in [6, 6.07) is 0. The van der Waals surface area contributed by atoms with Crippen LogP contribution >= 0.6 is 0 Å². The van der Waals surface area contributed by atoms with E-state index in [0.717, 1.165) is 12.8 Å². The van der Waals surface area contributed by atoms with Gasteiger partial charge in [-0.2, -0.15) is 0 Å². The van der Waals surface area contributed by atoms with Gasteiger partial charge in [0, 0.05) is 13.0 Å². The average Bonchev–Trinajstić information content (AvgIpc) is 2.96. The van der Waals surface area contributed by atoms with E-state index < -0.39 is 5.97 Å². The lowest BCUT2D eigenvalue weighted by Gasteiger charge is -2.20. The number of carbonyl (C=O) groups is 2. The van der Waals surface area contributed by atoms with Crippen LogP contribution in [-0.4, -0.2) is 35.0 Å². The fourth-order valence-electron chi connectivity index (χ4n) is 1.41. The molecule has 1 N–H and O–H groups in total. The summed E-state index contributed by atoms with van der Waals surface area (Å²) in [4.78, 5) is 23.6. The van der Waals surface area contributed by atoms with Gasteiger partial charge in [-0.25, -0.2) is 0 Å². The first kappa shape index (κ1) is 11.8. The van der Waals surface area contributed by atoms with E-state index in [1.54, 1.807) is 6.08 Å². The van der Waals surface area contributed by atoms with Crippen molar-refractivity contribution in [3.05, 3.63) is 12.7 Å². The van der Waals surface area contributed by atoms with Crippen molar-refractivity contribution in [3.8, 4) is 0 Å². The van der Waals surface area contributed by atoms with Gasteiger partial charge in [0.2, 0.25) is 5.91 Å². The molecule has 1 aliphatic carbocycles. The van der Waals surface area contributed by atoms with Gasteiger partial charge in [0.05, 0.1) is 0 Å². The Morgan fingerprint density at radius 2 is 2.13 bits per heavy atom. The van der Waals surface area contributed by atoms with Gasteiger partial charge in [0.15, 0.2) is 0 Å². The fourth-order valence-corrected chi connectivity index (χ4v) is 1.41. The minimum Gasteiger partial charge on any atom is -0.480 e. The number of carbonyl (C=O) groups excluding carboxylic acids is 1. The normalized spacial score (nSPS) is 14.7. The standard InChI is InChI=1S/C11H17NO3/c1-2-3-4-10(13)12(8-11(14)15)7-9-5-6-9/h2,9H,1,3-8H2,(H,14,15). The molecule has 0 aromatic heterocycles. The molecule has 1 rings (SSSR count). The maximum absolute atomic E-state index is 11.6. The van der Waals surface area contributed by atoms with Gasteiger partial charge in [-0.05, 0) is 25.2 Å². The van der Waals surface area contributed by atoms with Crippen LogP contribution in [-0.2, 0) is 9.59 Å². The van der Waals surface area contributed by atoms with Crippen molar-refractivity contribution in [3.63, 3.8) is 0 Å². The Labute approximate surface area is 89.6 Å². The zero-order valence-corrected chi connectivity index (χ0v) is 8.82. The zero-order chi connectivity index (χ0) is 11.3. The summed E-state index contributed by atoms with van der Waals surface area (Å²) in [5.41, 5.74) is 0. The van der Waals surface area contributed by atoms with Crippen LogP contribution in [0.3, 0.4) is 0 Å². The second kappa shape index (κ2) is 5.53. The molecule has 4 nitrogen and oxygen atoms in total. The third-order valence-electron chi connectivity index (χ3n) is 2.42. The Morgan fingerprint density at radius 3 is 2.60 bits per heavy atom. The summed E-state index contributed by atoms with van der Waals surface area (Å²) in [5.74, 6) is -0.496. The predicted octanol–water partition coefficient (Wildman–Crippen LogP) is 1.28. The van der Waals surface area contributed by atoms with Gasteiger partial charge in [-0.15, -0.1) is 6.58 Å². The van der Waals surface area contributed by atoms with E-state index in [1.165, 1.54) is 4.90 Å². The Morgan fingerprint density at radius 1 is 1.47 bits per heavy atom. The Bertz CT molecular complexity index is 259. The maximum atomic E-state index is 11.6. The summed E-state index contributed by atoms with van der Waals surface area (Å²) < 4.78 is 0. The first-order chi connectivity index (χ1) is 7.13. The molecule has 0 aromatic rings. The molecule has 0 bridgehead atoms. The van der Waals surface area contributed by atoms with E-state index in [4.69, 9.17) is 5.11 Å². The third kappa shape index (κ3) is 4.63. The Hall–Kier alpha value is -1.32. The van der Waals surface area contributed by atoms with Gasteiger partial charge < -0.3 is 10.0 Å². The van der Waals surface area contributed by atoms with E-state index in [9.17, 15) is 9.59 Å². The molecular formula is C11H17NO3. The molecular weight excluding hydrogens is 194 g/mol. The molecule has 4 heteroatoms. The number of hydrogen-bond donors (Lipinski definition) is 1. The third-order valence-corrected chi connectivity index (χ3v) is 2.42. The van der Waals surface area contributed by atoms with E-state index in [1.807, 2.05) is 0 Å². The minimum atomic E-state index is -0.942. The van der Waals surface area contributed by atoms with Crippen molar-refractivity contribution >= 4 is 11.9 Å². The van der Waals surface area contributed by atoms with Crippen LogP contribution in [0.15, 0.2) is 12.7 Å². The molecule has 0 spiro atoms. The molecule has 1 amide bonds. The van der Waals surface area contributed by atoms with Crippen molar-refractivity contribution < 1.29 is 14.7 Å². The van der Waals surface area contributed by atoms with Crippen molar-refractivity contribution in [1.82, 2.24) is 4.90 Å². The van der Waals surface area contributed by atoms with Crippen molar-refractivity contribution in [2.24, 2.45) is 5.92 Å². The molecule has 1 aliphatic rings. The van der Waals surface area contributed by atoms with E-state index in [2.05, 4.69) is 6.58 Å². The number of rotatable bonds is 7. The van der Waals surface area contributed by atoms with E-state index >= 15 is 0 Å². The van der Waals surface area contributed by atoms with Gasteiger partial charge in [0.25, 0.3) is 0 Å². The van der Waals surface area contributed by atoms with Crippen molar-refractivity contribution in [1.29, 1.82) is 0 Å². The van der Waals surface area contributed by atoms with Crippen LogP contribution in [0.1, 0.15) is 25.7 Å². The summed E-state index contributed by atoms with van der Waals surface area (Å²) in [6.07, 6.45) is 4.88. The molecule has 84 valence electrons. The molecule has 15 heavy (non-hydrogen) atoms. The van der Waals surface area contributed by atoms with Gasteiger partial charge >= 0.3 is 5.97 Å². The van der Waals surface area contributed by atoms with Crippen LogP contribution < -0.4 is 0 Å². The van der Waals surface area contributed by atoms with Crippen molar-refractivity contribution in [2.75, 3.05) is 13.1 Å². The average molecular weight is 211 g/mol. The van der Waals surface area contributed by atoms with Gasteiger partial charge in [-0.1, -0.05) is 6.08 Å². The molecule has 0 atom stereocenters. The predicted molar refractivity (Wildman–Crippen MR) is 56.4 cm³/mol. The second-order valence-electron chi connectivity index (χ2n) is 3.94. The lowest BCUT2D eigenvalue weighted by molar-refractivity contribution is -0.144. The minimum absolute atomic E-state index is 0.0794. The molecule has 0 radical (unpaired) electrons. The highest BCUT2D eigenvalue weighted by Crippen LogP contribution is 2.29. The maximum Gasteiger partial charge on any atom is 0.323 e. The first-order valence-electron chi connectivity index (χ1n) is 5.24. The van der Waals surface area contributed by atoms with E-state index in [-0.39, 0.29) is 12.5 Å². The number of carboxylic acids is 1. The summed E-state index contributed by atoms with van der Waals surface area (Å²) in [5, 5.41) is 8.68. The number of carboxylic acid groups (broad SMARTS) is 1. The summed E-state index contributed by atoms with van der Waals surface area (Å²) >= 11 is 0. The Balaban J connectivity index is 2.40.